The van der Waals surface area contributed by atoms with E-state index in [1.165, 1.54) is 0 Å². The highest BCUT2D eigenvalue weighted by Crippen LogP contribution is 2.18. The molecule has 0 aliphatic carbocycles. The number of nitrogens with two attached hydrogens (primary N) is 1. The molecular weight excluding hydrogens is 172 g/mol. The van der Waals surface area contributed by atoms with Crippen molar-refractivity contribution in [2.45, 2.75) is 19.4 Å². The zero-order valence-electron chi connectivity index (χ0n) is 7.33. The Bertz CT molecular complexity index is 283. The highest BCUT2D eigenvalue weighted by atomic mass is 16.5. The lowest BCUT2D eigenvalue weighted by Crippen LogP contribution is -2.30. The minimum atomic E-state index is -1.24. The van der Waals surface area contributed by atoms with Crippen LogP contribution in [0.2, 0.25) is 0 Å². The summed E-state index contributed by atoms with van der Waals surface area (Å²) in [6.07, 6.45) is 0.116. The van der Waals surface area contributed by atoms with Gasteiger partial charge in [-0.15, -0.1) is 0 Å². The highest BCUT2D eigenvalue weighted by Gasteiger charge is 2.23. The van der Waals surface area contributed by atoms with E-state index in [1.54, 1.807) is 6.92 Å². The third-order valence-electron chi connectivity index (χ3n) is 2.02. The first kappa shape index (κ1) is 9.73. The van der Waals surface area contributed by atoms with Crippen LogP contribution >= 0.6 is 0 Å². The van der Waals surface area contributed by atoms with Gasteiger partial charge in [0.15, 0.2) is 0 Å². The van der Waals surface area contributed by atoms with Crippen LogP contribution in [0, 0.1) is 5.41 Å². The van der Waals surface area contributed by atoms with Crippen molar-refractivity contribution in [2.24, 2.45) is 5.73 Å². The van der Waals surface area contributed by atoms with Gasteiger partial charge >= 0.3 is 5.97 Å². The SMILES string of the molecule is CC1OCCC(C(=N)C(=O)O)=C1N. The zero-order valence-corrected chi connectivity index (χ0v) is 7.33. The Morgan fingerprint density at radius 2 is 2.38 bits per heavy atom. The smallest absolute Gasteiger partial charge is 0.354 e. The number of ether oxygens (including phenoxy) is 1. The molecule has 1 unspecified atom stereocenters. The predicted molar refractivity (Wildman–Crippen MR) is 46.6 cm³/mol. The van der Waals surface area contributed by atoms with Gasteiger partial charge in [-0.25, -0.2) is 4.79 Å². The third kappa shape index (κ3) is 1.86. The molecule has 13 heavy (non-hydrogen) atoms. The van der Waals surface area contributed by atoms with Crippen LogP contribution < -0.4 is 5.73 Å². The maximum Gasteiger partial charge on any atom is 0.354 e. The summed E-state index contributed by atoms with van der Waals surface area (Å²) in [5, 5.41) is 15.8. The van der Waals surface area contributed by atoms with Crippen molar-refractivity contribution in [3.05, 3.63) is 11.3 Å². The van der Waals surface area contributed by atoms with Gasteiger partial charge < -0.3 is 15.6 Å². The third-order valence-corrected chi connectivity index (χ3v) is 2.02. The van der Waals surface area contributed by atoms with Crippen molar-refractivity contribution in [1.29, 1.82) is 5.41 Å². The maximum atomic E-state index is 10.5. The Morgan fingerprint density at radius 3 is 2.92 bits per heavy atom. The molecule has 0 saturated heterocycles. The molecule has 0 aromatic carbocycles. The summed E-state index contributed by atoms with van der Waals surface area (Å²) in [5.41, 5.74) is 5.94. The summed E-state index contributed by atoms with van der Waals surface area (Å²) in [6, 6.07) is 0. The van der Waals surface area contributed by atoms with Crippen molar-refractivity contribution in [2.75, 3.05) is 6.61 Å². The number of carboxylic acid groups (broad SMARTS) is 1. The molecule has 5 heteroatoms. The summed E-state index contributed by atoms with van der Waals surface area (Å²) in [5.74, 6) is -1.24. The van der Waals surface area contributed by atoms with Crippen LogP contribution in [0.3, 0.4) is 0 Å². The molecule has 1 atom stereocenters. The minimum absolute atomic E-state index is 0.288. The molecule has 0 aromatic heterocycles. The van der Waals surface area contributed by atoms with Crippen LogP contribution in [-0.2, 0) is 9.53 Å². The van der Waals surface area contributed by atoms with E-state index in [2.05, 4.69) is 0 Å². The van der Waals surface area contributed by atoms with E-state index >= 15 is 0 Å². The lowest BCUT2D eigenvalue weighted by molar-refractivity contribution is -0.129. The molecule has 0 bridgehead atoms. The zero-order chi connectivity index (χ0) is 10.0. The van der Waals surface area contributed by atoms with Gasteiger partial charge in [-0.3, -0.25) is 5.41 Å². The van der Waals surface area contributed by atoms with E-state index in [0.29, 0.717) is 24.3 Å². The number of hydrogen-bond acceptors (Lipinski definition) is 4. The van der Waals surface area contributed by atoms with Crippen LogP contribution in [-0.4, -0.2) is 29.5 Å². The summed E-state index contributed by atoms with van der Waals surface area (Å²) >= 11 is 0. The first-order chi connectivity index (χ1) is 6.04. The fraction of sp³-hybridized carbons (Fsp3) is 0.500. The van der Waals surface area contributed by atoms with Crippen molar-refractivity contribution in [1.82, 2.24) is 0 Å². The van der Waals surface area contributed by atoms with Crippen molar-refractivity contribution >= 4 is 11.7 Å². The summed E-state index contributed by atoms with van der Waals surface area (Å²) in [4.78, 5) is 10.5. The van der Waals surface area contributed by atoms with Gasteiger partial charge in [0, 0.05) is 11.3 Å². The molecule has 0 spiro atoms. The molecular formula is C8H12N2O3. The second-order valence-corrected chi connectivity index (χ2v) is 2.88. The number of carbonyl (C=O) groups is 1. The van der Waals surface area contributed by atoms with Crippen molar-refractivity contribution in [3.8, 4) is 0 Å². The fourth-order valence-corrected chi connectivity index (χ4v) is 1.22. The fourth-order valence-electron chi connectivity index (χ4n) is 1.22. The second kappa shape index (κ2) is 3.57. The number of nitrogens with one attached hydrogen (secondary N) is 1. The average Bonchev–Trinajstić information content (AvgIpc) is 2.08. The van der Waals surface area contributed by atoms with Gasteiger partial charge in [0.1, 0.15) is 5.71 Å². The Hall–Kier alpha value is -1.36. The Kier molecular flexibility index (Phi) is 2.67. The molecule has 1 rings (SSSR count). The van der Waals surface area contributed by atoms with Gasteiger partial charge in [0.05, 0.1) is 12.7 Å². The molecule has 72 valence electrons. The standard InChI is InChI=1S/C8H12N2O3/c1-4-6(9)5(2-3-13-4)7(10)8(11)12/h4,10H,2-3,9H2,1H3,(H,11,12). The molecule has 1 aliphatic rings. The van der Waals surface area contributed by atoms with Crippen molar-refractivity contribution < 1.29 is 14.6 Å². The molecule has 5 nitrogen and oxygen atoms in total. The first-order valence-corrected chi connectivity index (χ1v) is 3.96. The van der Waals surface area contributed by atoms with Crippen LogP contribution in [0.4, 0.5) is 0 Å². The topological polar surface area (TPSA) is 96.4 Å². The quantitative estimate of drug-likeness (QED) is 0.531. The Labute approximate surface area is 75.7 Å². The van der Waals surface area contributed by atoms with E-state index in [9.17, 15) is 4.79 Å². The Morgan fingerprint density at radius 1 is 1.77 bits per heavy atom. The minimum Gasteiger partial charge on any atom is -0.477 e. The van der Waals surface area contributed by atoms with Gasteiger partial charge in [-0.1, -0.05) is 0 Å². The van der Waals surface area contributed by atoms with E-state index < -0.39 is 11.7 Å². The van der Waals surface area contributed by atoms with E-state index in [1.807, 2.05) is 0 Å². The molecule has 1 aliphatic heterocycles. The van der Waals surface area contributed by atoms with Crippen LogP contribution in [0.5, 0.6) is 0 Å². The van der Waals surface area contributed by atoms with E-state index in [-0.39, 0.29) is 6.10 Å². The summed E-state index contributed by atoms with van der Waals surface area (Å²) < 4.78 is 5.18. The van der Waals surface area contributed by atoms with Gasteiger partial charge in [0.25, 0.3) is 0 Å². The number of aliphatic carboxylic acids is 1. The lowest BCUT2D eigenvalue weighted by atomic mass is 10.0. The van der Waals surface area contributed by atoms with Crippen LogP contribution in [0.25, 0.3) is 0 Å². The molecule has 0 amide bonds. The average molecular weight is 184 g/mol. The van der Waals surface area contributed by atoms with Gasteiger partial charge in [-0.2, -0.15) is 0 Å². The van der Waals surface area contributed by atoms with Gasteiger partial charge in [-0.05, 0) is 13.3 Å². The maximum absolute atomic E-state index is 10.5. The molecule has 0 fully saturated rings. The molecule has 1 heterocycles. The molecule has 4 N–H and O–H groups in total. The molecule has 0 saturated carbocycles. The van der Waals surface area contributed by atoms with Crippen LogP contribution in [0.1, 0.15) is 13.3 Å². The van der Waals surface area contributed by atoms with E-state index in [4.69, 9.17) is 21.0 Å². The lowest BCUT2D eigenvalue weighted by Gasteiger charge is -2.22. The van der Waals surface area contributed by atoms with E-state index in [0.717, 1.165) is 0 Å². The second-order valence-electron chi connectivity index (χ2n) is 2.88. The molecule has 0 radical (unpaired) electrons. The first-order valence-electron chi connectivity index (χ1n) is 3.96. The number of carboxylic acids is 1. The summed E-state index contributed by atoms with van der Waals surface area (Å²) in [7, 11) is 0. The van der Waals surface area contributed by atoms with Gasteiger partial charge in [0.2, 0.25) is 0 Å². The monoisotopic (exact) mass is 184 g/mol. The van der Waals surface area contributed by atoms with Crippen LogP contribution in [0.15, 0.2) is 11.3 Å². The largest absolute Gasteiger partial charge is 0.477 e. The normalized spacial score (nSPS) is 23.0. The van der Waals surface area contributed by atoms with Crippen molar-refractivity contribution in [3.63, 3.8) is 0 Å². The molecule has 0 aromatic rings. The number of hydrogen-bond donors (Lipinski definition) is 3. The number of rotatable bonds is 2. The Balaban J connectivity index is 2.95. The predicted octanol–water partition coefficient (Wildman–Crippen LogP) is 0.112. The highest BCUT2D eigenvalue weighted by molar-refractivity contribution is 6.41. The summed E-state index contributed by atoms with van der Waals surface area (Å²) in [6.45, 7) is 2.16.